The largest absolute Gasteiger partial charge is 0.452 e. The molecule has 0 spiro atoms. The third-order valence-electron chi connectivity index (χ3n) is 3.16. The molecule has 0 heterocycles. The summed E-state index contributed by atoms with van der Waals surface area (Å²) in [5, 5.41) is 13.7. The number of carbonyl (C=O) groups excluding carboxylic acids is 2. The van der Waals surface area contributed by atoms with Crippen LogP contribution in [0.3, 0.4) is 0 Å². The number of nitro groups is 1. The van der Waals surface area contributed by atoms with Crippen LogP contribution in [0.5, 0.6) is 0 Å². The highest BCUT2D eigenvalue weighted by molar-refractivity contribution is 9.10. The van der Waals surface area contributed by atoms with Crippen LogP contribution in [0.25, 0.3) is 0 Å². The molecule has 0 atom stereocenters. The maximum atomic E-state index is 12.0. The van der Waals surface area contributed by atoms with E-state index in [9.17, 15) is 19.7 Å². The second-order valence-electron chi connectivity index (χ2n) is 7.67. The van der Waals surface area contributed by atoms with Crippen molar-refractivity contribution in [3.63, 3.8) is 0 Å². The van der Waals surface area contributed by atoms with Gasteiger partial charge in [-0.1, -0.05) is 20.8 Å². The molecule has 1 amide bonds. The zero-order chi connectivity index (χ0) is 19.4. The Hall–Kier alpha value is -1.96. The normalized spacial score (nSPS) is 11.8. The summed E-state index contributed by atoms with van der Waals surface area (Å²) in [7, 11) is 0. The summed E-state index contributed by atoms with van der Waals surface area (Å²) in [5.41, 5.74) is -0.649. The predicted molar refractivity (Wildman–Crippen MR) is 97.4 cm³/mol. The number of esters is 1. The predicted octanol–water partition coefficient (Wildman–Crippen LogP) is 3.85. The lowest BCUT2D eigenvalue weighted by Gasteiger charge is -2.33. The number of hydrogen-bond donors (Lipinski definition) is 1. The SMILES string of the molecule is CC(C)(C)CC(C)(C)NC(=O)COC(=O)c1ccc(Br)c([N+](=O)[O-])c1. The lowest BCUT2D eigenvalue weighted by Crippen LogP contribution is -2.47. The highest BCUT2D eigenvalue weighted by Gasteiger charge is 2.27. The topological polar surface area (TPSA) is 98.5 Å². The van der Waals surface area contributed by atoms with Crippen molar-refractivity contribution in [1.82, 2.24) is 5.32 Å². The molecule has 0 radical (unpaired) electrons. The number of amides is 1. The second-order valence-corrected chi connectivity index (χ2v) is 8.52. The molecular formula is C17H23BrN2O5. The Morgan fingerprint density at radius 2 is 1.84 bits per heavy atom. The summed E-state index contributed by atoms with van der Waals surface area (Å²) in [4.78, 5) is 34.3. The number of carbonyl (C=O) groups is 2. The molecular weight excluding hydrogens is 392 g/mol. The van der Waals surface area contributed by atoms with Crippen LogP contribution >= 0.6 is 15.9 Å². The van der Waals surface area contributed by atoms with Crippen molar-refractivity contribution in [2.75, 3.05) is 6.61 Å². The van der Waals surface area contributed by atoms with Crippen LogP contribution in [-0.4, -0.2) is 28.9 Å². The van der Waals surface area contributed by atoms with Gasteiger partial charge in [0.25, 0.3) is 11.6 Å². The van der Waals surface area contributed by atoms with Crippen LogP contribution in [0, 0.1) is 15.5 Å². The van der Waals surface area contributed by atoms with Crippen LogP contribution in [0.4, 0.5) is 5.69 Å². The van der Waals surface area contributed by atoms with Gasteiger partial charge in [-0.2, -0.15) is 0 Å². The minimum atomic E-state index is -0.792. The third kappa shape index (κ3) is 7.21. The number of nitro benzene ring substituents is 1. The fourth-order valence-corrected chi connectivity index (χ4v) is 3.17. The van der Waals surface area contributed by atoms with Crippen LogP contribution in [0.15, 0.2) is 22.7 Å². The summed E-state index contributed by atoms with van der Waals surface area (Å²) in [6.45, 7) is 9.56. The zero-order valence-electron chi connectivity index (χ0n) is 15.0. The van der Waals surface area contributed by atoms with Gasteiger partial charge in [0.15, 0.2) is 6.61 Å². The van der Waals surface area contributed by atoms with Crippen molar-refractivity contribution in [1.29, 1.82) is 0 Å². The van der Waals surface area contributed by atoms with Crippen molar-refractivity contribution in [2.24, 2.45) is 5.41 Å². The Balaban J connectivity index is 2.66. The Morgan fingerprint density at radius 3 is 2.36 bits per heavy atom. The van der Waals surface area contributed by atoms with Crippen molar-refractivity contribution >= 4 is 33.5 Å². The van der Waals surface area contributed by atoms with Gasteiger partial charge in [0, 0.05) is 11.6 Å². The molecule has 25 heavy (non-hydrogen) atoms. The molecule has 0 bridgehead atoms. The summed E-state index contributed by atoms with van der Waals surface area (Å²) in [5.74, 6) is -1.21. The number of nitrogens with zero attached hydrogens (tertiary/aromatic N) is 1. The molecule has 138 valence electrons. The second kappa shape index (κ2) is 7.95. The number of rotatable bonds is 6. The highest BCUT2D eigenvalue weighted by atomic mass is 79.9. The first-order valence-corrected chi connectivity index (χ1v) is 8.52. The number of nitrogens with one attached hydrogen (secondary N) is 1. The van der Waals surface area contributed by atoms with Crippen LogP contribution < -0.4 is 5.32 Å². The molecule has 7 nitrogen and oxygen atoms in total. The molecule has 1 aromatic carbocycles. The van der Waals surface area contributed by atoms with Gasteiger partial charge >= 0.3 is 5.97 Å². The molecule has 0 saturated carbocycles. The van der Waals surface area contributed by atoms with Crippen molar-refractivity contribution in [3.8, 4) is 0 Å². The number of ether oxygens (including phenoxy) is 1. The Morgan fingerprint density at radius 1 is 1.24 bits per heavy atom. The van der Waals surface area contributed by atoms with Crippen molar-refractivity contribution < 1.29 is 19.2 Å². The van der Waals surface area contributed by atoms with E-state index in [0.717, 1.165) is 12.5 Å². The minimum absolute atomic E-state index is 0.0108. The van der Waals surface area contributed by atoms with E-state index in [1.165, 1.54) is 12.1 Å². The van der Waals surface area contributed by atoms with E-state index in [4.69, 9.17) is 4.74 Å². The molecule has 0 aliphatic heterocycles. The molecule has 0 unspecified atom stereocenters. The lowest BCUT2D eigenvalue weighted by molar-refractivity contribution is -0.385. The quantitative estimate of drug-likeness (QED) is 0.432. The number of halogens is 1. The van der Waals surface area contributed by atoms with E-state index >= 15 is 0 Å². The minimum Gasteiger partial charge on any atom is -0.452 e. The summed E-state index contributed by atoms with van der Waals surface area (Å²) >= 11 is 3.04. The van der Waals surface area contributed by atoms with E-state index < -0.39 is 28.9 Å². The molecule has 0 fully saturated rings. The van der Waals surface area contributed by atoms with Gasteiger partial charge in [-0.05, 0) is 53.7 Å². The first kappa shape index (κ1) is 21.1. The van der Waals surface area contributed by atoms with E-state index in [1.807, 2.05) is 13.8 Å². The fraction of sp³-hybridized carbons (Fsp3) is 0.529. The van der Waals surface area contributed by atoms with Crippen LogP contribution in [-0.2, 0) is 9.53 Å². The third-order valence-corrected chi connectivity index (χ3v) is 3.83. The van der Waals surface area contributed by atoms with Gasteiger partial charge in [-0.25, -0.2) is 4.79 Å². The average molecular weight is 415 g/mol. The monoisotopic (exact) mass is 414 g/mol. The first-order chi connectivity index (χ1) is 11.3. The molecule has 1 rings (SSSR count). The van der Waals surface area contributed by atoms with Gasteiger partial charge in [0.1, 0.15) is 0 Å². The summed E-state index contributed by atoms with van der Waals surface area (Å²) in [6.07, 6.45) is 0.749. The van der Waals surface area contributed by atoms with Gasteiger partial charge in [-0.15, -0.1) is 0 Å². The Kier molecular flexibility index (Phi) is 6.70. The lowest BCUT2D eigenvalue weighted by atomic mass is 9.82. The molecule has 0 aliphatic rings. The van der Waals surface area contributed by atoms with Crippen LogP contribution in [0.2, 0.25) is 0 Å². The van der Waals surface area contributed by atoms with E-state index in [1.54, 1.807) is 0 Å². The molecule has 0 aliphatic carbocycles. The van der Waals surface area contributed by atoms with Gasteiger partial charge in [-0.3, -0.25) is 14.9 Å². The smallest absolute Gasteiger partial charge is 0.338 e. The molecule has 1 aromatic rings. The van der Waals surface area contributed by atoms with Crippen LogP contribution in [0.1, 0.15) is 51.4 Å². The summed E-state index contributed by atoms with van der Waals surface area (Å²) < 4.78 is 5.21. The Labute approximate surface area is 155 Å². The molecule has 0 saturated heterocycles. The van der Waals surface area contributed by atoms with Gasteiger partial charge in [0.2, 0.25) is 0 Å². The molecule has 1 N–H and O–H groups in total. The maximum absolute atomic E-state index is 12.0. The fourth-order valence-electron chi connectivity index (χ4n) is 2.78. The average Bonchev–Trinajstić information content (AvgIpc) is 2.41. The van der Waals surface area contributed by atoms with E-state index in [0.29, 0.717) is 0 Å². The van der Waals surface area contributed by atoms with Crippen molar-refractivity contribution in [3.05, 3.63) is 38.3 Å². The van der Waals surface area contributed by atoms with Gasteiger partial charge in [0.05, 0.1) is 15.0 Å². The van der Waals surface area contributed by atoms with Gasteiger partial charge < -0.3 is 10.1 Å². The van der Waals surface area contributed by atoms with E-state index in [-0.39, 0.29) is 21.1 Å². The molecule has 8 heteroatoms. The number of benzene rings is 1. The number of hydrogen-bond acceptors (Lipinski definition) is 5. The van der Waals surface area contributed by atoms with Crippen molar-refractivity contribution in [2.45, 2.75) is 46.6 Å². The Bertz CT molecular complexity index is 680. The standard InChI is InChI=1S/C17H23BrN2O5/c1-16(2,3)10-17(4,5)19-14(21)9-25-15(22)11-6-7-12(18)13(8-11)20(23)24/h6-8H,9-10H2,1-5H3,(H,19,21). The summed E-state index contributed by atoms with van der Waals surface area (Å²) in [6, 6.07) is 3.88. The maximum Gasteiger partial charge on any atom is 0.338 e. The zero-order valence-corrected chi connectivity index (χ0v) is 16.6. The van der Waals surface area contributed by atoms with E-state index in [2.05, 4.69) is 42.0 Å². The first-order valence-electron chi connectivity index (χ1n) is 7.73. The highest BCUT2D eigenvalue weighted by Crippen LogP contribution is 2.27. The molecule has 0 aromatic heterocycles.